The number of thioether (sulfide) groups is 1. The maximum atomic E-state index is 12.4. The van der Waals surface area contributed by atoms with Crippen LogP contribution in [0.25, 0.3) is 10.6 Å². The maximum absolute atomic E-state index is 12.4. The lowest BCUT2D eigenvalue weighted by atomic mass is 9.97. The van der Waals surface area contributed by atoms with E-state index < -0.39 is 66.0 Å². The van der Waals surface area contributed by atoms with Crippen LogP contribution in [0.5, 0.6) is 0 Å². The quantitative estimate of drug-likeness (QED) is 0.163. The van der Waals surface area contributed by atoms with E-state index in [-0.39, 0.29) is 17.7 Å². The third-order valence-electron chi connectivity index (χ3n) is 5.69. The number of esters is 5. The molecule has 20 heteroatoms. The van der Waals surface area contributed by atoms with Crippen LogP contribution in [0.15, 0.2) is 34.2 Å². The van der Waals surface area contributed by atoms with Gasteiger partial charge in [-0.15, -0.1) is 20.4 Å². The van der Waals surface area contributed by atoms with Crippen LogP contribution in [-0.2, 0) is 58.9 Å². The second-order valence-corrected chi connectivity index (χ2v) is 11.5. The van der Waals surface area contributed by atoms with E-state index in [1.54, 1.807) is 18.5 Å². The number of hydrogen-bond acceptors (Lipinski definition) is 20. The Hall–Kier alpha value is -4.69. The summed E-state index contributed by atoms with van der Waals surface area (Å²) in [6.45, 7) is 4.80. The molecule has 0 aromatic carbocycles. The summed E-state index contributed by atoms with van der Waals surface area (Å²) in [5, 5.41) is 17.6. The van der Waals surface area contributed by atoms with Gasteiger partial charge in [0.2, 0.25) is 17.1 Å². The first-order valence-electron chi connectivity index (χ1n) is 13.4. The first-order chi connectivity index (χ1) is 21.8. The summed E-state index contributed by atoms with van der Waals surface area (Å²) >= 11 is 1.77. The van der Waals surface area contributed by atoms with Gasteiger partial charge in [-0.2, -0.15) is 0 Å². The van der Waals surface area contributed by atoms with Crippen molar-refractivity contribution >= 4 is 58.1 Å². The topological polar surface area (TPSA) is 230 Å². The summed E-state index contributed by atoms with van der Waals surface area (Å²) < 4.78 is 38.8. The molecule has 5 unspecified atom stereocenters. The molecule has 5 atom stereocenters. The Morgan fingerprint density at radius 1 is 0.913 bits per heavy atom. The zero-order valence-corrected chi connectivity index (χ0v) is 26.6. The molecule has 1 saturated heterocycles. The van der Waals surface area contributed by atoms with Crippen LogP contribution < -0.4 is 5.32 Å². The van der Waals surface area contributed by atoms with Crippen molar-refractivity contribution in [3.05, 3.63) is 30.4 Å². The third-order valence-corrected chi connectivity index (χ3v) is 7.65. The van der Waals surface area contributed by atoms with Crippen molar-refractivity contribution in [2.24, 2.45) is 0 Å². The number of nitrogens with one attached hydrogen (secondary N) is 1. The molecule has 4 heterocycles. The van der Waals surface area contributed by atoms with Crippen molar-refractivity contribution in [3.8, 4) is 10.6 Å². The Morgan fingerprint density at radius 2 is 1.63 bits per heavy atom. The van der Waals surface area contributed by atoms with Crippen molar-refractivity contribution in [2.45, 2.75) is 75.9 Å². The van der Waals surface area contributed by atoms with Crippen LogP contribution in [-0.4, -0.2) is 91.4 Å². The maximum Gasteiger partial charge on any atom is 0.314 e. The zero-order valence-electron chi connectivity index (χ0n) is 25.0. The van der Waals surface area contributed by atoms with E-state index in [2.05, 4.69) is 30.7 Å². The Bertz CT molecular complexity index is 1570. The molecule has 0 amide bonds. The van der Waals surface area contributed by atoms with Gasteiger partial charge in [-0.1, -0.05) is 11.3 Å². The van der Waals surface area contributed by atoms with Gasteiger partial charge in [-0.05, 0) is 12.1 Å². The minimum atomic E-state index is -2.38. The van der Waals surface area contributed by atoms with Crippen molar-refractivity contribution in [3.63, 3.8) is 0 Å². The molecule has 1 fully saturated rings. The van der Waals surface area contributed by atoms with Gasteiger partial charge in [0.25, 0.3) is 5.22 Å². The molecule has 18 nitrogen and oxygen atoms in total. The predicted octanol–water partition coefficient (Wildman–Crippen LogP) is 1.66. The standard InChI is InChI=1S/C26H28N6O12S2/c1-12(33)38-11-18-20(39-13(2)34)21(40-14(3)35)22(41-15(4)36)26(44-18,43-16(5)37)46-25-32-29-19(42-25)10-28-24-31-30-23(45-24)17-7-6-8-27-9-17/h6-9,18,20-22H,10-11H2,1-5H3,(H,28,31). The van der Waals surface area contributed by atoms with Crippen LogP contribution in [0, 0.1) is 0 Å². The Kier molecular flexibility index (Phi) is 11.2. The normalized spacial score (nSPS) is 22.3. The number of ether oxygens (including phenoxy) is 6. The average Bonchev–Trinajstić information content (AvgIpc) is 3.63. The molecule has 3 aromatic heterocycles. The molecule has 0 spiro atoms. The molecule has 246 valence electrons. The monoisotopic (exact) mass is 680 g/mol. The Labute approximate surface area is 268 Å². The highest BCUT2D eigenvalue weighted by molar-refractivity contribution is 8.00. The van der Waals surface area contributed by atoms with Gasteiger partial charge in [-0.25, -0.2) is 0 Å². The summed E-state index contributed by atoms with van der Waals surface area (Å²) in [5.74, 6) is -4.19. The van der Waals surface area contributed by atoms with E-state index in [1.165, 1.54) is 11.3 Å². The fraction of sp³-hybridized carbons (Fsp3) is 0.462. The largest absolute Gasteiger partial charge is 0.463 e. The molecule has 0 radical (unpaired) electrons. The number of rotatable bonds is 12. The van der Waals surface area contributed by atoms with Crippen LogP contribution in [0.1, 0.15) is 40.5 Å². The number of anilines is 1. The molecule has 0 bridgehead atoms. The lowest BCUT2D eigenvalue weighted by Crippen LogP contribution is -2.68. The molecule has 4 rings (SSSR count). The average molecular weight is 681 g/mol. The minimum absolute atomic E-state index is 0.00368. The lowest BCUT2D eigenvalue weighted by Gasteiger charge is -2.48. The molecular formula is C26H28N6O12S2. The van der Waals surface area contributed by atoms with E-state index >= 15 is 0 Å². The molecule has 0 aliphatic carbocycles. The number of carbonyl (C=O) groups is 5. The van der Waals surface area contributed by atoms with Crippen LogP contribution in [0.2, 0.25) is 0 Å². The number of carbonyl (C=O) groups excluding carboxylic acids is 5. The lowest BCUT2D eigenvalue weighted by molar-refractivity contribution is -0.316. The van der Waals surface area contributed by atoms with E-state index in [9.17, 15) is 24.0 Å². The Balaban J connectivity index is 1.64. The van der Waals surface area contributed by atoms with Crippen LogP contribution in [0.3, 0.4) is 0 Å². The van der Waals surface area contributed by atoms with E-state index in [0.717, 1.165) is 40.2 Å². The Morgan fingerprint density at radius 3 is 2.26 bits per heavy atom. The molecular weight excluding hydrogens is 652 g/mol. The highest BCUT2D eigenvalue weighted by atomic mass is 32.2. The molecule has 46 heavy (non-hydrogen) atoms. The minimum Gasteiger partial charge on any atom is -0.463 e. The van der Waals surface area contributed by atoms with Crippen LogP contribution in [0.4, 0.5) is 5.13 Å². The summed E-state index contributed by atoms with van der Waals surface area (Å²) in [6.07, 6.45) is -2.99. The number of aromatic nitrogens is 5. The summed E-state index contributed by atoms with van der Waals surface area (Å²) in [7, 11) is 0. The van der Waals surface area contributed by atoms with Gasteiger partial charge in [-0.3, -0.25) is 29.0 Å². The van der Waals surface area contributed by atoms with Gasteiger partial charge in [0, 0.05) is 64.3 Å². The summed E-state index contributed by atoms with van der Waals surface area (Å²) in [6, 6.07) is 3.61. The van der Waals surface area contributed by atoms with Crippen molar-refractivity contribution in [1.82, 2.24) is 25.4 Å². The fourth-order valence-corrected chi connectivity index (χ4v) is 5.96. The molecule has 3 aromatic rings. The molecule has 0 saturated carbocycles. The number of nitrogens with zero attached hydrogens (tertiary/aromatic N) is 5. The zero-order chi connectivity index (χ0) is 33.4. The van der Waals surface area contributed by atoms with Crippen molar-refractivity contribution < 1.29 is 56.8 Å². The second kappa shape index (κ2) is 15.1. The molecule has 1 aliphatic rings. The van der Waals surface area contributed by atoms with Crippen molar-refractivity contribution in [1.29, 1.82) is 0 Å². The third kappa shape index (κ3) is 8.95. The fourth-order valence-electron chi connectivity index (χ4n) is 4.14. The van der Waals surface area contributed by atoms with E-state index in [4.69, 9.17) is 32.8 Å². The van der Waals surface area contributed by atoms with Gasteiger partial charge in [0.15, 0.2) is 17.2 Å². The summed E-state index contributed by atoms with van der Waals surface area (Å²) in [5.41, 5.74) is 0.783. The highest BCUT2D eigenvalue weighted by Gasteiger charge is 2.64. The SMILES string of the molecule is CC(=O)OCC1OC(OC(C)=O)(Sc2nnc(CNc3nnc(-c4cccnc4)s3)o2)C(OC(C)=O)C(OC(C)=O)C1OC(C)=O. The molecule has 1 aliphatic heterocycles. The van der Waals surface area contributed by atoms with Crippen LogP contribution >= 0.6 is 23.1 Å². The first-order valence-corrected chi connectivity index (χ1v) is 15.0. The van der Waals surface area contributed by atoms with Crippen molar-refractivity contribution in [2.75, 3.05) is 11.9 Å². The highest BCUT2D eigenvalue weighted by Crippen LogP contribution is 2.46. The van der Waals surface area contributed by atoms with Gasteiger partial charge < -0.3 is 38.2 Å². The smallest absolute Gasteiger partial charge is 0.314 e. The number of pyridine rings is 1. The van der Waals surface area contributed by atoms with E-state index in [1.807, 2.05) is 6.07 Å². The second-order valence-electron chi connectivity index (χ2n) is 9.41. The van der Waals surface area contributed by atoms with Gasteiger partial charge in [0.05, 0.1) is 6.54 Å². The summed E-state index contributed by atoms with van der Waals surface area (Å²) in [4.78, 5) is 64.7. The first kappa shape index (κ1) is 34.2. The predicted molar refractivity (Wildman–Crippen MR) is 153 cm³/mol. The van der Waals surface area contributed by atoms with E-state index in [0.29, 0.717) is 21.9 Å². The number of hydrogen-bond donors (Lipinski definition) is 1. The molecule has 1 N–H and O–H groups in total. The van der Waals surface area contributed by atoms with Gasteiger partial charge in [0.1, 0.15) is 12.7 Å². The van der Waals surface area contributed by atoms with Gasteiger partial charge >= 0.3 is 35.0 Å².